The molecule has 0 amide bonds. The Morgan fingerprint density at radius 3 is 2.75 bits per heavy atom. The average Bonchev–Trinajstić information content (AvgIpc) is 2.09. The van der Waals surface area contributed by atoms with Gasteiger partial charge in [-0.3, -0.25) is 0 Å². The van der Waals surface area contributed by atoms with Crippen molar-refractivity contribution in [2.24, 2.45) is 0 Å². The smallest absolute Gasteiger partial charge is 0.0728 e. The largest absolute Gasteiger partial charge is 0.375 e. The molecular weight excluding hydrogens is 239 g/mol. The molecule has 0 aliphatic carbocycles. The van der Waals surface area contributed by atoms with Crippen LogP contribution in [0.5, 0.6) is 0 Å². The fraction of sp³-hybridized carbons (Fsp3) is 0.333. The van der Waals surface area contributed by atoms with E-state index in [0.29, 0.717) is 19.1 Å². The molecule has 0 aromatic heterocycles. The van der Waals surface area contributed by atoms with Crippen LogP contribution in [0.1, 0.15) is 5.56 Å². The third-order valence-corrected chi connectivity index (χ3v) is 2.36. The highest BCUT2D eigenvalue weighted by molar-refractivity contribution is 9.10. The summed E-state index contributed by atoms with van der Waals surface area (Å²) in [7, 11) is 0. The Kier molecular flexibility index (Phi) is 4.66. The van der Waals surface area contributed by atoms with Crippen LogP contribution in [0.15, 0.2) is 28.7 Å². The monoisotopic (exact) mass is 248 g/mol. The fourth-order valence-corrected chi connectivity index (χ4v) is 1.36. The quantitative estimate of drug-likeness (QED) is 0.588. The minimum atomic E-state index is 0.546. The maximum absolute atomic E-state index is 5.47. The molecule has 1 rings (SSSR count). The number of rotatable bonds is 4. The van der Waals surface area contributed by atoms with E-state index in [0.717, 1.165) is 10.0 Å². The summed E-state index contributed by atoms with van der Waals surface area (Å²) < 4.78 is 6.37. The topological polar surface area (TPSA) is 9.23 Å². The maximum atomic E-state index is 5.47. The second-order valence-electron chi connectivity index (χ2n) is 2.33. The molecule has 0 bridgehead atoms. The first-order valence-electron chi connectivity index (χ1n) is 3.71. The summed E-state index contributed by atoms with van der Waals surface area (Å²) in [5.74, 6) is 0.546. The lowest BCUT2D eigenvalue weighted by molar-refractivity contribution is 0.135. The molecule has 12 heavy (non-hydrogen) atoms. The minimum Gasteiger partial charge on any atom is -0.375 e. The van der Waals surface area contributed by atoms with Gasteiger partial charge in [-0.25, -0.2) is 0 Å². The lowest BCUT2D eigenvalue weighted by atomic mass is 10.2. The van der Waals surface area contributed by atoms with Crippen LogP contribution in [-0.2, 0) is 11.3 Å². The first-order chi connectivity index (χ1) is 5.84. The SMILES string of the molecule is ClCCOCc1ccccc1Br. The summed E-state index contributed by atoms with van der Waals surface area (Å²) in [5.41, 5.74) is 1.16. The van der Waals surface area contributed by atoms with Gasteiger partial charge in [-0.1, -0.05) is 34.1 Å². The summed E-state index contributed by atoms with van der Waals surface area (Å²) in [6, 6.07) is 8.00. The molecule has 0 N–H and O–H groups in total. The van der Waals surface area contributed by atoms with Gasteiger partial charge < -0.3 is 4.74 Å². The van der Waals surface area contributed by atoms with Crippen LogP contribution in [0.3, 0.4) is 0 Å². The normalized spacial score (nSPS) is 10.2. The van der Waals surface area contributed by atoms with Crippen LogP contribution in [-0.4, -0.2) is 12.5 Å². The molecule has 3 heteroatoms. The van der Waals surface area contributed by atoms with Gasteiger partial charge in [0.1, 0.15) is 0 Å². The van der Waals surface area contributed by atoms with Crippen molar-refractivity contribution >= 4 is 27.5 Å². The van der Waals surface area contributed by atoms with Crippen LogP contribution in [0.2, 0.25) is 0 Å². The Balaban J connectivity index is 2.46. The van der Waals surface area contributed by atoms with Crippen LogP contribution < -0.4 is 0 Å². The van der Waals surface area contributed by atoms with Crippen molar-refractivity contribution < 1.29 is 4.74 Å². The molecule has 0 saturated carbocycles. The van der Waals surface area contributed by atoms with Crippen LogP contribution >= 0.6 is 27.5 Å². The lowest BCUT2D eigenvalue weighted by Crippen LogP contribution is -1.96. The number of alkyl halides is 1. The van der Waals surface area contributed by atoms with E-state index in [1.165, 1.54) is 0 Å². The highest BCUT2D eigenvalue weighted by atomic mass is 79.9. The molecule has 0 spiro atoms. The molecule has 0 aliphatic rings. The van der Waals surface area contributed by atoms with Gasteiger partial charge in [0.2, 0.25) is 0 Å². The van der Waals surface area contributed by atoms with E-state index >= 15 is 0 Å². The van der Waals surface area contributed by atoms with Crippen molar-refractivity contribution in [1.82, 2.24) is 0 Å². The van der Waals surface area contributed by atoms with E-state index < -0.39 is 0 Å². The Labute approximate surface area is 85.8 Å². The molecular formula is C9H10BrClO. The van der Waals surface area contributed by atoms with Crippen molar-refractivity contribution in [1.29, 1.82) is 0 Å². The molecule has 1 aromatic rings. The molecule has 0 unspecified atom stereocenters. The van der Waals surface area contributed by atoms with Gasteiger partial charge in [0.05, 0.1) is 13.2 Å². The minimum absolute atomic E-state index is 0.546. The van der Waals surface area contributed by atoms with E-state index in [1.807, 2.05) is 24.3 Å². The molecule has 0 aliphatic heterocycles. The number of hydrogen-bond donors (Lipinski definition) is 0. The summed E-state index contributed by atoms with van der Waals surface area (Å²) in [4.78, 5) is 0. The van der Waals surface area contributed by atoms with Crippen molar-refractivity contribution in [3.8, 4) is 0 Å². The van der Waals surface area contributed by atoms with Gasteiger partial charge in [0.15, 0.2) is 0 Å². The number of hydrogen-bond acceptors (Lipinski definition) is 1. The van der Waals surface area contributed by atoms with Crippen molar-refractivity contribution in [3.63, 3.8) is 0 Å². The summed E-state index contributed by atoms with van der Waals surface area (Å²) in [6.07, 6.45) is 0. The predicted molar refractivity (Wildman–Crippen MR) is 54.5 cm³/mol. The Morgan fingerprint density at radius 2 is 2.08 bits per heavy atom. The van der Waals surface area contributed by atoms with Crippen LogP contribution in [0.4, 0.5) is 0 Å². The van der Waals surface area contributed by atoms with Gasteiger partial charge in [-0.2, -0.15) is 0 Å². The Morgan fingerprint density at radius 1 is 1.33 bits per heavy atom. The van der Waals surface area contributed by atoms with E-state index in [9.17, 15) is 0 Å². The van der Waals surface area contributed by atoms with Gasteiger partial charge in [-0.05, 0) is 11.6 Å². The van der Waals surface area contributed by atoms with Crippen molar-refractivity contribution in [2.45, 2.75) is 6.61 Å². The standard InChI is InChI=1S/C9H10BrClO/c10-9-4-2-1-3-8(9)7-12-6-5-11/h1-4H,5-7H2. The molecule has 0 atom stereocenters. The summed E-state index contributed by atoms with van der Waals surface area (Å²) in [5, 5.41) is 0. The second kappa shape index (κ2) is 5.57. The van der Waals surface area contributed by atoms with Crippen molar-refractivity contribution in [3.05, 3.63) is 34.3 Å². The lowest BCUT2D eigenvalue weighted by Gasteiger charge is -2.03. The van der Waals surface area contributed by atoms with Gasteiger partial charge >= 0.3 is 0 Å². The first kappa shape index (κ1) is 10.0. The first-order valence-corrected chi connectivity index (χ1v) is 5.04. The highest BCUT2D eigenvalue weighted by Gasteiger charge is 1.96. The van der Waals surface area contributed by atoms with Crippen LogP contribution in [0.25, 0.3) is 0 Å². The fourth-order valence-electron chi connectivity index (χ4n) is 0.852. The molecule has 0 fully saturated rings. The summed E-state index contributed by atoms with van der Waals surface area (Å²) >= 11 is 8.91. The predicted octanol–water partition coefficient (Wildman–Crippen LogP) is 3.20. The maximum Gasteiger partial charge on any atom is 0.0728 e. The third kappa shape index (κ3) is 3.13. The molecule has 0 heterocycles. The zero-order chi connectivity index (χ0) is 8.81. The summed E-state index contributed by atoms with van der Waals surface area (Å²) in [6.45, 7) is 1.22. The van der Waals surface area contributed by atoms with Gasteiger partial charge in [0, 0.05) is 10.4 Å². The number of benzene rings is 1. The molecule has 66 valence electrons. The zero-order valence-corrected chi connectivity index (χ0v) is 8.94. The molecule has 0 radical (unpaired) electrons. The highest BCUT2D eigenvalue weighted by Crippen LogP contribution is 2.16. The molecule has 0 saturated heterocycles. The van der Waals surface area contributed by atoms with E-state index in [4.69, 9.17) is 16.3 Å². The average molecular weight is 250 g/mol. The van der Waals surface area contributed by atoms with E-state index in [-0.39, 0.29) is 0 Å². The van der Waals surface area contributed by atoms with Crippen LogP contribution in [0, 0.1) is 0 Å². The molecule has 1 nitrogen and oxygen atoms in total. The van der Waals surface area contributed by atoms with Gasteiger partial charge in [0.25, 0.3) is 0 Å². The Hall–Kier alpha value is -0.0500. The Bertz CT molecular complexity index is 240. The second-order valence-corrected chi connectivity index (χ2v) is 3.57. The molecule has 1 aromatic carbocycles. The van der Waals surface area contributed by atoms with Crippen molar-refractivity contribution in [2.75, 3.05) is 12.5 Å². The van der Waals surface area contributed by atoms with E-state index in [2.05, 4.69) is 15.9 Å². The van der Waals surface area contributed by atoms with E-state index in [1.54, 1.807) is 0 Å². The third-order valence-electron chi connectivity index (χ3n) is 1.44. The number of halogens is 2. The van der Waals surface area contributed by atoms with Gasteiger partial charge in [-0.15, -0.1) is 11.6 Å². The number of ether oxygens (including phenoxy) is 1. The zero-order valence-electron chi connectivity index (χ0n) is 6.59.